The highest BCUT2D eigenvalue weighted by Crippen LogP contribution is 2.27. The Kier molecular flexibility index (Phi) is 11.3. The number of fused-ring (bicyclic) bond motifs is 1. The summed E-state index contributed by atoms with van der Waals surface area (Å²) in [5, 5.41) is 2.77. The van der Waals surface area contributed by atoms with Crippen molar-refractivity contribution in [2.75, 3.05) is 18.4 Å². The number of carbonyl (C=O) groups excluding carboxylic acids is 2. The number of allylic oxidation sites excluding steroid dienone is 1. The summed E-state index contributed by atoms with van der Waals surface area (Å²) >= 11 is 5.59. The number of halogens is 1. The fourth-order valence-electron chi connectivity index (χ4n) is 5.27. The van der Waals surface area contributed by atoms with Crippen molar-refractivity contribution in [1.82, 2.24) is 14.7 Å². The molecular formula is C35H41ClN4O2. The third-order valence-electron chi connectivity index (χ3n) is 7.66. The van der Waals surface area contributed by atoms with Gasteiger partial charge in [0.1, 0.15) is 5.82 Å². The van der Waals surface area contributed by atoms with Crippen molar-refractivity contribution >= 4 is 46.6 Å². The first-order valence-corrected chi connectivity index (χ1v) is 14.6. The minimum absolute atomic E-state index is 0. The molecule has 6 rings (SSSR count). The third kappa shape index (κ3) is 8.28. The lowest BCUT2D eigenvalue weighted by Gasteiger charge is -2.25. The average Bonchev–Trinajstić information content (AvgIpc) is 3.05. The van der Waals surface area contributed by atoms with Gasteiger partial charge in [0.25, 0.3) is 0 Å². The van der Waals surface area contributed by atoms with Gasteiger partial charge >= 0.3 is 0 Å². The summed E-state index contributed by atoms with van der Waals surface area (Å²) in [6.07, 6.45) is 14.8. The second-order valence-corrected chi connectivity index (χ2v) is 10.7. The molecule has 3 heterocycles. The second-order valence-electron chi connectivity index (χ2n) is 10.5. The molecule has 1 atom stereocenters. The highest BCUT2D eigenvalue weighted by Gasteiger charge is 2.18. The SMILES string of the molecule is C.ClNC1CC=C(c2ccccc2)CC1.O=C1CCc2cc(/C=C/C(=O)N3CC=C(c4ccccc4)CC3)cnc2N1.[HH]. The van der Waals surface area contributed by atoms with Crippen molar-refractivity contribution in [2.24, 2.45) is 0 Å². The Morgan fingerprint density at radius 3 is 2.26 bits per heavy atom. The summed E-state index contributed by atoms with van der Waals surface area (Å²) in [5.74, 6) is 0.634. The van der Waals surface area contributed by atoms with E-state index in [1.807, 2.05) is 29.2 Å². The van der Waals surface area contributed by atoms with Crippen LogP contribution in [0.3, 0.4) is 0 Å². The number of pyridine rings is 1. The molecule has 1 aromatic heterocycles. The number of nitrogens with one attached hydrogen (secondary N) is 2. The number of aryl methyl sites for hydroxylation is 1. The fraction of sp³-hybridized carbons (Fsp3) is 0.286. The maximum Gasteiger partial charge on any atom is 0.246 e. The van der Waals surface area contributed by atoms with Crippen molar-refractivity contribution in [3.05, 3.63) is 113 Å². The summed E-state index contributed by atoms with van der Waals surface area (Å²) in [6, 6.07) is 23.3. The first-order valence-electron chi connectivity index (χ1n) is 14.2. The number of benzene rings is 2. The monoisotopic (exact) mass is 584 g/mol. The number of nitrogens with zero attached hydrogens (tertiary/aromatic N) is 2. The Balaban J connectivity index is 0.000000269. The number of hydrogen-bond donors (Lipinski definition) is 2. The molecule has 2 aliphatic heterocycles. The first-order chi connectivity index (χ1) is 20.1. The van der Waals surface area contributed by atoms with E-state index < -0.39 is 0 Å². The van der Waals surface area contributed by atoms with Crippen molar-refractivity contribution in [3.63, 3.8) is 0 Å². The zero-order valence-electron chi connectivity index (χ0n) is 23.1. The predicted molar refractivity (Wildman–Crippen MR) is 176 cm³/mol. The van der Waals surface area contributed by atoms with Crippen LogP contribution in [0.4, 0.5) is 5.82 Å². The van der Waals surface area contributed by atoms with Crippen molar-refractivity contribution in [3.8, 4) is 0 Å². The molecule has 42 heavy (non-hydrogen) atoms. The molecule has 220 valence electrons. The van der Waals surface area contributed by atoms with Crippen LogP contribution in [0.25, 0.3) is 17.2 Å². The minimum Gasteiger partial charge on any atom is -0.335 e. The van der Waals surface area contributed by atoms with Gasteiger partial charge in [-0.1, -0.05) is 80.2 Å². The second kappa shape index (κ2) is 15.3. The first kappa shape index (κ1) is 30.9. The summed E-state index contributed by atoms with van der Waals surface area (Å²) in [6.45, 7) is 1.35. The summed E-state index contributed by atoms with van der Waals surface area (Å²) < 4.78 is 0. The quantitative estimate of drug-likeness (QED) is 0.240. The molecule has 3 aliphatic rings. The third-order valence-corrected chi connectivity index (χ3v) is 7.97. The predicted octanol–water partition coefficient (Wildman–Crippen LogP) is 7.54. The number of anilines is 1. The van der Waals surface area contributed by atoms with Crippen LogP contribution in [-0.2, 0) is 16.0 Å². The molecule has 2 N–H and O–H groups in total. The Morgan fingerprint density at radius 2 is 1.67 bits per heavy atom. The summed E-state index contributed by atoms with van der Waals surface area (Å²) in [7, 11) is 0. The van der Waals surface area contributed by atoms with E-state index in [9.17, 15) is 9.59 Å². The van der Waals surface area contributed by atoms with Gasteiger partial charge in [-0.05, 0) is 89.4 Å². The van der Waals surface area contributed by atoms with Gasteiger partial charge in [0.05, 0.1) is 0 Å². The van der Waals surface area contributed by atoms with Gasteiger partial charge in [-0.2, -0.15) is 0 Å². The van der Waals surface area contributed by atoms with Gasteiger partial charge in [0.15, 0.2) is 0 Å². The molecular weight excluding hydrogens is 544 g/mol. The normalized spacial score (nSPS) is 18.0. The van der Waals surface area contributed by atoms with Gasteiger partial charge in [0.2, 0.25) is 11.8 Å². The summed E-state index contributed by atoms with van der Waals surface area (Å²) in [5.41, 5.74) is 7.21. The van der Waals surface area contributed by atoms with E-state index in [4.69, 9.17) is 11.8 Å². The smallest absolute Gasteiger partial charge is 0.246 e. The molecule has 0 saturated heterocycles. The maximum atomic E-state index is 12.5. The van der Waals surface area contributed by atoms with E-state index in [0.29, 0.717) is 31.2 Å². The number of rotatable bonds is 5. The molecule has 0 radical (unpaired) electrons. The molecule has 3 aromatic rings. The van der Waals surface area contributed by atoms with E-state index in [0.717, 1.165) is 43.4 Å². The lowest BCUT2D eigenvalue weighted by molar-refractivity contribution is -0.125. The molecule has 0 spiro atoms. The zero-order valence-corrected chi connectivity index (χ0v) is 23.8. The van der Waals surface area contributed by atoms with Crippen LogP contribution in [0.5, 0.6) is 0 Å². The molecule has 2 aromatic carbocycles. The van der Waals surface area contributed by atoms with E-state index in [-0.39, 0.29) is 20.7 Å². The molecule has 0 bridgehead atoms. The van der Waals surface area contributed by atoms with Gasteiger partial charge in [-0.3, -0.25) is 9.59 Å². The van der Waals surface area contributed by atoms with Crippen LogP contribution in [0.15, 0.2) is 91.2 Å². The van der Waals surface area contributed by atoms with Gasteiger partial charge < -0.3 is 10.2 Å². The van der Waals surface area contributed by atoms with Crippen molar-refractivity contribution < 1.29 is 11.0 Å². The van der Waals surface area contributed by atoms with Gasteiger partial charge in [0, 0.05) is 39.3 Å². The standard InChI is InChI=1S/C22H21N3O2.C12H14ClN.CH4.H2/c26-20-8-7-19-14-16(15-23-22(19)24-20)6-9-21(27)25-12-10-18(11-13-25)17-4-2-1-3-5-17;13-14-12-8-6-11(7-9-12)10-4-2-1-3-5-10;;/h1-6,9-10,14-15H,7-8,11-13H2,(H,23,24,26);1-6,12,14H,7-9H2;1H4;1H/b9-6+;;;. The lowest BCUT2D eigenvalue weighted by Crippen LogP contribution is -2.33. The van der Waals surface area contributed by atoms with E-state index in [1.54, 1.807) is 18.3 Å². The van der Waals surface area contributed by atoms with Crippen LogP contribution in [0.2, 0.25) is 0 Å². The molecule has 6 nitrogen and oxygen atoms in total. The van der Waals surface area contributed by atoms with Crippen molar-refractivity contribution in [1.29, 1.82) is 0 Å². The molecule has 7 heteroatoms. The maximum absolute atomic E-state index is 12.5. The average molecular weight is 585 g/mol. The van der Waals surface area contributed by atoms with E-state index in [1.165, 1.54) is 22.3 Å². The zero-order chi connectivity index (χ0) is 28.4. The van der Waals surface area contributed by atoms with E-state index in [2.05, 4.69) is 69.8 Å². The van der Waals surface area contributed by atoms with Gasteiger partial charge in [-0.15, -0.1) is 0 Å². The topological polar surface area (TPSA) is 74.3 Å². The van der Waals surface area contributed by atoms with Crippen LogP contribution >= 0.6 is 11.8 Å². The number of aromatic nitrogens is 1. The molecule has 0 fully saturated rings. The highest BCUT2D eigenvalue weighted by atomic mass is 35.5. The largest absolute Gasteiger partial charge is 0.335 e. The molecule has 0 saturated carbocycles. The Labute approximate surface area is 255 Å². The number of carbonyl (C=O) groups is 2. The van der Waals surface area contributed by atoms with Crippen molar-refractivity contribution in [2.45, 2.75) is 52.0 Å². The van der Waals surface area contributed by atoms with E-state index >= 15 is 0 Å². The van der Waals surface area contributed by atoms with Crippen LogP contribution in [0, 0.1) is 0 Å². The Bertz CT molecular complexity index is 1460. The highest BCUT2D eigenvalue weighted by molar-refractivity contribution is 6.13. The van der Waals surface area contributed by atoms with Crippen LogP contribution in [0.1, 0.15) is 63.2 Å². The number of amides is 2. The fourth-order valence-corrected chi connectivity index (χ4v) is 5.47. The lowest BCUT2D eigenvalue weighted by atomic mass is 9.91. The molecule has 2 amide bonds. The number of hydrogen-bond acceptors (Lipinski definition) is 4. The minimum atomic E-state index is 0. The Hall–Kier alpha value is -4.00. The van der Waals surface area contributed by atoms with Crippen LogP contribution < -0.4 is 10.2 Å². The summed E-state index contributed by atoms with van der Waals surface area (Å²) in [4.78, 5) is 32.8. The Morgan fingerprint density at radius 1 is 0.976 bits per heavy atom. The molecule has 1 aliphatic carbocycles. The molecule has 1 unspecified atom stereocenters. The van der Waals surface area contributed by atoms with Gasteiger partial charge in [-0.25, -0.2) is 9.82 Å². The van der Waals surface area contributed by atoms with Crippen LogP contribution in [-0.4, -0.2) is 40.8 Å².